The molecule has 49 heavy (non-hydrogen) atoms. The molecule has 4 amide bonds. The Morgan fingerprint density at radius 2 is 1.39 bits per heavy atom. The number of hydrogen-bond donors (Lipinski definition) is 2. The molecule has 4 saturated carbocycles. The minimum absolute atomic E-state index is 0.00914. The van der Waals surface area contributed by atoms with E-state index >= 15 is 0 Å². The van der Waals surface area contributed by atoms with Crippen molar-refractivity contribution in [2.75, 3.05) is 28.3 Å². The Kier molecular flexibility index (Phi) is 8.96. The maximum absolute atomic E-state index is 14.6. The Hall–Kier alpha value is -4.99. The minimum atomic E-state index is -1.48. The van der Waals surface area contributed by atoms with E-state index in [4.69, 9.17) is 4.74 Å². The van der Waals surface area contributed by atoms with Gasteiger partial charge in [0.15, 0.2) is 11.8 Å². The summed E-state index contributed by atoms with van der Waals surface area (Å²) in [4.78, 5) is 70.1. The number of carbonyl (C=O) groups excluding carboxylic acids is 5. The normalized spacial score (nSPS) is 25.4. The van der Waals surface area contributed by atoms with Crippen molar-refractivity contribution in [2.24, 2.45) is 23.2 Å². The van der Waals surface area contributed by atoms with Crippen LogP contribution < -0.4 is 20.4 Å². The third kappa shape index (κ3) is 6.69. The molecule has 10 heteroatoms. The Morgan fingerprint density at radius 1 is 0.776 bits per heavy atom. The van der Waals surface area contributed by atoms with E-state index in [0.29, 0.717) is 52.6 Å². The molecule has 1 aliphatic heterocycles. The van der Waals surface area contributed by atoms with Gasteiger partial charge in [0, 0.05) is 29.9 Å². The predicted molar refractivity (Wildman–Crippen MR) is 186 cm³/mol. The number of anilines is 4. The summed E-state index contributed by atoms with van der Waals surface area (Å²) in [7, 11) is 0. The van der Waals surface area contributed by atoms with Crippen molar-refractivity contribution in [1.29, 1.82) is 0 Å². The number of benzene rings is 3. The number of nitrogens with zero attached hydrogens (tertiary/aromatic N) is 2. The van der Waals surface area contributed by atoms with E-state index < -0.39 is 29.9 Å². The van der Waals surface area contributed by atoms with Crippen LogP contribution in [0.25, 0.3) is 0 Å². The zero-order chi connectivity index (χ0) is 34.1. The quantitative estimate of drug-likeness (QED) is 0.143. The van der Waals surface area contributed by atoms with Crippen molar-refractivity contribution in [3.63, 3.8) is 0 Å². The molecular formula is C39H42N4O6. The van der Waals surface area contributed by atoms with E-state index in [1.165, 1.54) is 24.2 Å². The predicted octanol–water partition coefficient (Wildman–Crippen LogP) is 6.63. The van der Waals surface area contributed by atoms with Gasteiger partial charge in [-0.1, -0.05) is 30.3 Å². The topological polar surface area (TPSA) is 125 Å². The van der Waals surface area contributed by atoms with Crippen molar-refractivity contribution in [1.82, 2.24) is 5.32 Å². The smallest absolute Gasteiger partial charge is 0.320 e. The molecule has 0 radical (unpaired) electrons. The third-order valence-electron chi connectivity index (χ3n) is 10.7. The highest BCUT2D eigenvalue weighted by Gasteiger charge is 2.53. The van der Waals surface area contributed by atoms with E-state index in [2.05, 4.69) is 10.6 Å². The van der Waals surface area contributed by atoms with Crippen LogP contribution in [0, 0.1) is 23.2 Å². The Labute approximate surface area is 286 Å². The van der Waals surface area contributed by atoms with Crippen LogP contribution in [0.2, 0.25) is 0 Å². The molecule has 4 bridgehead atoms. The molecule has 0 aromatic heterocycles. The minimum Gasteiger partial charge on any atom is -0.466 e. The Balaban J connectivity index is 1.14. The summed E-state index contributed by atoms with van der Waals surface area (Å²) in [6.45, 7) is 2.47. The molecule has 1 atom stereocenters. The van der Waals surface area contributed by atoms with Crippen LogP contribution in [-0.4, -0.2) is 48.8 Å². The molecule has 1 heterocycles. The fraction of sp³-hybridized carbons (Fsp3) is 0.410. The van der Waals surface area contributed by atoms with Gasteiger partial charge in [-0.25, -0.2) is 4.79 Å². The van der Waals surface area contributed by atoms with E-state index in [1.54, 1.807) is 36.1 Å². The molecule has 0 saturated heterocycles. The van der Waals surface area contributed by atoms with Gasteiger partial charge < -0.3 is 20.3 Å². The molecule has 1 unspecified atom stereocenters. The molecule has 254 valence electrons. The van der Waals surface area contributed by atoms with E-state index in [-0.39, 0.29) is 30.6 Å². The number of ether oxygens (including phenoxy) is 1. The van der Waals surface area contributed by atoms with Gasteiger partial charge in [0.05, 0.1) is 24.4 Å². The molecule has 3 aromatic rings. The van der Waals surface area contributed by atoms with Gasteiger partial charge >= 0.3 is 12.0 Å². The zero-order valence-electron chi connectivity index (χ0n) is 27.7. The molecular weight excluding hydrogens is 620 g/mol. The van der Waals surface area contributed by atoms with Crippen LogP contribution in [0.4, 0.5) is 27.5 Å². The van der Waals surface area contributed by atoms with Gasteiger partial charge in [-0.2, -0.15) is 0 Å². The van der Waals surface area contributed by atoms with E-state index in [0.717, 1.165) is 19.3 Å². The van der Waals surface area contributed by atoms with E-state index in [1.807, 2.05) is 54.6 Å². The van der Waals surface area contributed by atoms with Crippen LogP contribution >= 0.6 is 0 Å². The largest absolute Gasteiger partial charge is 0.466 e. The van der Waals surface area contributed by atoms with Gasteiger partial charge in [0.1, 0.15) is 0 Å². The summed E-state index contributed by atoms with van der Waals surface area (Å²) in [6, 6.07) is 20.7. The average Bonchev–Trinajstić information content (AvgIpc) is 3.16. The molecule has 4 aliphatic carbocycles. The SMILES string of the molecule is CCOC(=O)CCC(=O)c1ccc(NC(=O)NC2C(=O)N(CC34CC5CC(CC(C5)C3)C4)c3ccccc3N(c3ccccc3)C2=O)cc1. The van der Waals surface area contributed by atoms with Gasteiger partial charge in [0.25, 0.3) is 11.8 Å². The standard InChI is InChI=1S/C39H42N4O6/c1-2-49-34(45)17-16-33(44)28-12-14-29(15-13-28)40-38(48)41-35-36(46)42(24-39-21-25-18-26(22-39)20-27(19-25)23-39)31-10-6-7-11-32(31)43(37(35)47)30-8-4-3-5-9-30/h3-15,25-27,35H,2,16-24H2,1H3,(H2,40,41,48). The Morgan fingerprint density at radius 3 is 2.02 bits per heavy atom. The lowest BCUT2D eigenvalue weighted by Crippen LogP contribution is -2.58. The Bertz CT molecular complexity index is 1720. The molecule has 4 fully saturated rings. The first kappa shape index (κ1) is 32.6. The maximum Gasteiger partial charge on any atom is 0.320 e. The summed E-state index contributed by atoms with van der Waals surface area (Å²) < 4.78 is 4.89. The number of carbonyl (C=O) groups is 5. The van der Waals surface area contributed by atoms with Crippen molar-refractivity contribution in [2.45, 2.75) is 64.3 Å². The lowest BCUT2D eigenvalue weighted by atomic mass is 9.49. The summed E-state index contributed by atoms with van der Waals surface area (Å²) in [5, 5.41) is 5.43. The second-order valence-electron chi connectivity index (χ2n) is 14.2. The average molecular weight is 663 g/mol. The van der Waals surface area contributed by atoms with Gasteiger partial charge in [-0.05, 0) is 117 Å². The van der Waals surface area contributed by atoms with Crippen LogP contribution in [-0.2, 0) is 19.1 Å². The highest BCUT2D eigenvalue weighted by Crippen LogP contribution is 2.60. The summed E-state index contributed by atoms with van der Waals surface area (Å²) >= 11 is 0. The molecule has 10 nitrogen and oxygen atoms in total. The number of urea groups is 1. The number of nitrogens with one attached hydrogen (secondary N) is 2. The van der Waals surface area contributed by atoms with Crippen LogP contribution in [0.5, 0.6) is 0 Å². The molecule has 5 aliphatic rings. The van der Waals surface area contributed by atoms with Crippen molar-refractivity contribution in [3.8, 4) is 0 Å². The number of hydrogen-bond acceptors (Lipinski definition) is 6. The molecule has 0 spiro atoms. The fourth-order valence-corrected chi connectivity index (χ4v) is 9.09. The lowest BCUT2D eigenvalue weighted by molar-refractivity contribution is -0.143. The lowest BCUT2D eigenvalue weighted by Gasteiger charge is -2.57. The molecule has 2 N–H and O–H groups in total. The first-order valence-electron chi connectivity index (χ1n) is 17.4. The fourth-order valence-electron chi connectivity index (χ4n) is 9.09. The molecule has 8 rings (SSSR count). The van der Waals surface area contributed by atoms with Crippen LogP contribution in [0.1, 0.15) is 68.6 Å². The van der Waals surface area contributed by atoms with Gasteiger partial charge in [0.2, 0.25) is 0 Å². The highest BCUT2D eigenvalue weighted by atomic mass is 16.5. The summed E-state index contributed by atoms with van der Waals surface area (Å²) in [5.74, 6) is 0.399. The number of amides is 4. The maximum atomic E-state index is 14.6. The highest BCUT2D eigenvalue weighted by molar-refractivity contribution is 6.24. The van der Waals surface area contributed by atoms with Crippen molar-refractivity contribution < 1.29 is 28.7 Å². The van der Waals surface area contributed by atoms with Gasteiger partial charge in [-0.15, -0.1) is 0 Å². The number of fused-ring (bicyclic) bond motifs is 1. The second kappa shape index (κ2) is 13.5. The van der Waals surface area contributed by atoms with E-state index in [9.17, 15) is 24.0 Å². The second-order valence-corrected chi connectivity index (χ2v) is 14.2. The van der Waals surface area contributed by atoms with Gasteiger partial charge in [-0.3, -0.25) is 24.1 Å². The van der Waals surface area contributed by atoms with Crippen molar-refractivity contribution >= 4 is 52.3 Å². The first-order chi connectivity index (χ1) is 23.7. The summed E-state index contributed by atoms with van der Waals surface area (Å²) in [5.41, 5.74) is 2.62. The number of Topliss-reactive ketones (excluding diaryl/α,β-unsaturated/α-hetero) is 1. The number of para-hydroxylation sites is 3. The number of ketones is 1. The van der Waals surface area contributed by atoms with Crippen LogP contribution in [0.15, 0.2) is 78.9 Å². The number of esters is 1. The third-order valence-corrected chi connectivity index (χ3v) is 10.7. The summed E-state index contributed by atoms with van der Waals surface area (Å²) in [6.07, 6.45) is 7.08. The first-order valence-corrected chi connectivity index (χ1v) is 17.4. The zero-order valence-corrected chi connectivity index (χ0v) is 27.7. The van der Waals surface area contributed by atoms with Crippen LogP contribution in [0.3, 0.4) is 0 Å². The monoisotopic (exact) mass is 662 g/mol. The van der Waals surface area contributed by atoms with Crippen molar-refractivity contribution in [3.05, 3.63) is 84.4 Å². The molecule has 3 aromatic carbocycles. The number of rotatable bonds is 10.